The molecule has 3 nitrogen and oxygen atoms in total. The Hall–Kier alpha value is -1.46. The van der Waals surface area contributed by atoms with E-state index in [4.69, 9.17) is 0 Å². The molecular weight excluding hydrogens is 312 g/mol. The number of aryl methyl sites for hydroxylation is 1. The summed E-state index contributed by atoms with van der Waals surface area (Å²) >= 11 is 3.45. The van der Waals surface area contributed by atoms with E-state index >= 15 is 0 Å². The summed E-state index contributed by atoms with van der Waals surface area (Å²) in [6.45, 7) is 2.74. The Morgan fingerprint density at radius 1 is 1.41 bits per heavy atom. The predicted octanol–water partition coefficient (Wildman–Crippen LogP) is 4.20. The minimum atomic E-state index is 0.168. The fraction of sp³-hybridized carbons (Fsp3) is 0.412. The zero-order valence-electron chi connectivity index (χ0n) is 12.7. The van der Waals surface area contributed by atoms with Crippen LogP contribution in [0, 0.1) is 12.8 Å². The van der Waals surface area contributed by atoms with Crippen molar-refractivity contribution in [1.82, 2.24) is 10.3 Å². The number of carbonyl (C=O) groups is 1. The van der Waals surface area contributed by atoms with E-state index in [-0.39, 0.29) is 11.8 Å². The number of allylic oxidation sites excluding steroid dienone is 2. The average molecular weight is 332 g/mol. The second-order valence-corrected chi connectivity index (χ2v) is 7.77. The molecule has 5 heteroatoms. The lowest BCUT2D eigenvalue weighted by atomic mass is 9.94. The summed E-state index contributed by atoms with van der Waals surface area (Å²) in [7, 11) is 0. The van der Waals surface area contributed by atoms with Crippen molar-refractivity contribution >= 4 is 28.6 Å². The molecule has 1 atom stereocenters. The van der Waals surface area contributed by atoms with Crippen LogP contribution in [0.2, 0.25) is 0 Å². The monoisotopic (exact) mass is 332 g/mol. The van der Waals surface area contributed by atoms with Crippen molar-refractivity contribution in [2.45, 2.75) is 32.6 Å². The van der Waals surface area contributed by atoms with Gasteiger partial charge in [-0.15, -0.1) is 22.7 Å². The van der Waals surface area contributed by atoms with E-state index < -0.39 is 0 Å². The zero-order chi connectivity index (χ0) is 15.4. The largest absolute Gasteiger partial charge is 0.355 e. The first-order valence-corrected chi connectivity index (χ1v) is 9.36. The van der Waals surface area contributed by atoms with E-state index in [1.165, 1.54) is 9.75 Å². The van der Waals surface area contributed by atoms with E-state index in [9.17, 15) is 4.79 Å². The van der Waals surface area contributed by atoms with E-state index in [0.29, 0.717) is 0 Å². The lowest BCUT2D eigenvalue weighted by Crippen LogP contribution is -2.32. The van der Waals surface area contributed by atoms with Crippen molar-refractivity contribution in [1.29, 1.82) is 0 Å². The van der Waals surface area contributed by atoms with Gasteiger partial charge in [0.2, 0.25) is 5.91 Å². The topological polar surface area (TPSA) is 42.0 Å². The second kappa shape index (κ2) is 7.20. The van der Waals surface area contributed by atoms with Gasteiger partial charge in [0, 0.05) is 22.7 Å². The summed E-state index contributed by atoms with van der Waals surface area (Å²) in [6.07, 6.45) is 8.07. The van der Waals surface area contributed by atoms with Crippen molar-refractivity contribution in [3.05, 3.63) is 39.5 Å². The summed E-state index contributed by atoms with van der Waals surface area (Å²) < 4.78 is 0. The zero-order valence-corrected chi connectivity index (χ0v) is 14.3. The van der Waals surface area contributed by atoms with Gasteiger partial charge in [0.15, 0.2) is 0 Å². The van der Waals surface area contributed by atoms with Crippen molar-refractivity contribution in [3.63, 3.8) is 0 Å². The molecule has 2 aromatic rings. The molecule has 3 rings (SSSR count). The molecule has 1 aliphatic rings. The maximum absolute atomic E-state index is 12.1. The summed E-state index contributed by atoms with van der Waals surface area (Å²) in [4.78, 5) is 19.1. The first kappa shape index (κ1) is 15.4. The number of carbonyl (C=O) groups excluding carboxylic acids is 1. The summed E-state index contributed by atoms with van der Waals surface area (Å²) in [5.74, 6) is 0.373. The Kier molecular flexibility index (Phi) is 5.05. The molecular formula is C17H20N2OS2. The standard InChI is InChI=1S/C17H20N2OS2/c1-12-19-15(11-21-12)16-8-7-14(22-16)9-10-18-17(20)13-5-3-2-4-6-13/h2-3,7-8,11,13H,4-6,9-10H2,1H3,(H,18,20). The lowest BCUT2D eigenvalue weighted by molar-refractivity contribution is -0.125. The van der Waals surface area contributed by atoms with Gasteiger partial charge in [-0.2, -0.15) is 0 Å². The predicted molar refractivity (Wildman–Crippen MR) is 93.4 cm³/mol. The first-order valence-electron chi connectivity index (χ1n) is 7.66. The first-order chi connectivity index (χ1) is 10.7. The third-order valence-electron chi connectivity index (χ3n) is 3.84. The molecule has 0 fully saturated rings. The molecule has 0 aromatic carbocycles. The summed E-state index contributed by atoms with van der Waals surface area (Å²) in [5.41, 5.74) is 1.07. The van der Waals surface area contributed by atoms with Crippen molar-refractivity contribution in [2.75, 3.05) is 6.54 Å². The molecule has 22 heavy (non-hydrogen) atoms. The molecule has 0 spiro atoms. The van der Waals surface area contributed by atoms with Gasteiger partial charge in [-0.25, -0.2) is 4.98 Å². The number of thiophene rings is 1. The molecule has 2 heterocycles. The van der Waals surface area contributed by atoms with Crippen molar-refractivity contribution in [2.24, 2.45) is 5.92 Å². The van der Waals surface area contributed by atoms with Gasteiger partial charge in [-0.05, 0) is 44.7 Å². The SMILES string of the molecule is Cc1nc(-c2ccc(CCNC(=O)C3CC=CCC3)s2)cs1. The molecule has 1 N–H and O–H groups in total. The van der Waals surface area contributed by atoms with Gasteiger partial charge in [0.05, 0.1) is 15.6 Å². The van der Waals surface area contributed by atoms with E-state index in [2.05, 4.69) is 40.0 Å². The molecule has 0 bridgehead atoms. The molecule has 2 aromatic heterocycles. The number of thiazole rings is 1. The molecule has 1 aliphatic carbocycles. The average Bonchev–Trinajstić information content (AvgIpc) is 3.17. The Morgan fingerprint density at radius 3 is 3.05 bits per heavy atom. The molecule has 1 amide bonds. The van der Waals surface area contributed by atoms with Gasteiger partial charge in [0.25, 0.3) is 0 Å². The quantitative estimate of drug-likeness (QED) is 0.834. The van der Waals surface area contributed by atoms with Gasteiger partial charge in [0.1, 0.15) is 0 Å². The van der Waals surface area contributed by atoms with Crippen LogP contribution in [0.15, 0.2) is 29.7 Å². The van der Waals surface area contributed by atoms with E-state index in [1.54, 1.807) is 22.7 Å². The maximum atomic E-state index is 12.1. The lowest BCUT2D eigenvalue weighted by Gasteiger charge is -2.16. The van der Waals surface area contributed by atoms with Crippen LogP contribution in [-0.4, -0.2) is 17.4 Å². The van der Waals surface area contributed by atoms with Gasteiger partial charge in [-0.1, -0.05) is 12.2 Å². The Morgan fingerprint density at radius 2 is 2.32 bits per heavy atom. The number of aromatic nitrogens is 1. The number of nitrogens with one attached hydrogen (secondary N) is 1. The van der Waals surface area contributed by atoms with Crippen molar-refractivity contribution in [3.8, 4) is 10.6 Å². The number of rotatable bonds is 5. The maximum Gasteiger partial charge on any atom is 0.223 e. The Labute approximate surface area is 139 Å². The summed E-state index contributed by atoms with van der Waals surface area (Å²) in [6, 6.07) is 4.27. The van der Waals surface area contributed by atoms with Crippen LogP contribution < -0.4 is 5.32 Å². The smallest absolute Gasteiger partial charge is 0.223 e. The van der Waals surface area contributed by atoms with E-state index in [0.717, 1.165) is 42.9 Å². The third-order valence-corrected chi connectivity index (χ3v) is 5.78. The minimum Gasteiger partial charge on any atom is -0.355 e. The minimum absolute atomic E-state index is 0.168. The highest BCUT2D eigenvalue weighted by Crippen LogP contribution is 2.29. The van der Waals surface area contributed by atoms with Crippen LogP contribution in [0.1, 0.15) is 29.1 Å². The van der Waals surface area contributed by atoms with Crippen LogP contribution in [0.5, 0.6) is 0 Å². The number of nitrogens with zero attached hydrogens (tertiary/aromatic N) is 1. The van der Waals surface area contributed by atoms with Gasteiger partial charge < -0.3 is 5.32 Å². The molecule has 0 saturated carbocycles. The highest BCUT2D eigenvalue weighted by Gasteiger charge is 2.18. The number of hydrogen-bond donors (Lipinski definition) is 1. The number of hydrogen-bond acceptors (Lipinski definition) is 4. The van der Waals surface area contributed by atoms with Crippen LogP contribution in [-0.2, 0) is 11.2 Å². The summed E-state index contributed by atoms with van der Waals surface area (Å²) in [5, 5.41) is 6.27. The van der Waals surface area contributed by atoms with Crippen LogP contribution in [0.25, 0.3) is 10.6 Å². The normalized spacial score (nSPS) is 17.6. The fourth-order valence-electron chi connectivity index (χ4n) is 2.61. The third kappa shape index (κ3) is 3.84. The van der Waals surface area contributed by atoms with Crippen LogP contribution in [0.4, 0.5) is 0 Å². The number of amides is 1. The molecule has 1 unspecified atom stereocenters. The fourth-order valence-corrected chi connectivity index (χ4v) is 4.27. The van der Waals surface area contributed by atoms with Crippen LogP contribution >= 0.6 is 22.7 Å². The van der Waals surface area contributed by atoms with Crippen LogP contribution in [0.3, 0.4) is 0 Å². The second-order valence-electron chi connectivity index (χ2n) is 5.54. The molecule has 0 aliphatic heterocycles. The Balaban J connectivity index is 1.49. The highest BCUT2D eigenvalue weighted by molar-refractivity contribution is 7.16. The molecule has 0 saturated heterocycles. The van der Waals surface area contributed by atoms with Gasteiger partial charge >= 0.3 is 0 Å². The van der Waals surface area contributed by atoms with Gasteiger partial charge in [-0.3, -0.25) is 4.79 Å². The Bertz CT molecular complexity index is 672. The molecule has 116 valence electrons. The molecule has 0 radical (unpaired) electrons. The van der Waals surface area contributed by atoms with Crippen molar-refractivity contribution < 1.29 is 4.79 Å². The van der Waals surface area contributed by atoms with E-state index in [1.807, 2.05) is 6.92 Å². The highest BCUT2D eigenvalue weighted by atomic mass is 32.1.